The molecule has 2 N–H and O–H groups in total. The number of nitrogens with zero attached hydrogens (tertiary/aromatic N) is 4. The molecule has 1 aromatic carbocycles. The molecular weight excluding hydrogens is 304 g/mol. The van der Waals surface area contributed by atoms with Crippen molar-refractivity contribution in [1.29, 1.82) is 0 Å². The van der Waals surface area contributed by atoms with Gasteiger partial charge in [-0.3, -0.25) is 9.69 Å². The summed E-state index contributed by atoms with van der Waals surface area (Å²) in [5.74, 6) is 1.40. The number of benzene rings is 1. The number of rotatable bonds is 5. The lowest BCUT2D eigenvalue weighted by Gasteiger charge is -2.20. The van der Waals surface area contributed by atoms with Crippen LogP contribution in [0.4, 0.5) is 23.1 Å². The highest BCUT2D eigenvalue weighted by Gasteiger charge is 2.33. The van der Waals surface area contributed by atoms with E-state index in [1.807, 2.05) is 55.2 Å². The maximum Gasteiger partial charge on any atom is 0.244 e. The van der Waals surface area contributed by atoms with Gasteiger partial charge in [0.2, 0.25) is 11.9 Å². The summed E-state index contributed by atoms with van der Waals surface area (Å²) >= 11 is 0. The molecule has 1 fully saturated rings. The molecule has 24 heavy (non-hydrogen) atoms. The van der Waals surface area contributed by atoms with Crippen LogP contribution in [0.3, 0.4) is 0 Å². The zero-order valence-electron chi connectivity index (χ0n) is 14.2. The SMILES string of the molecule is CNc1ccnc(Nc2cccc(N3CCC(N(C)C)C3=O)c2)n1. The lowest BCUT2D eigenvalue weighted by Crippen LogP contribution is -2.37. The van der Waals surface area contributed by atoms with Gasteiger partial charge in [0.05, 0.1) is 6.04 Å². The summed E-state index contributed by atoms with van der Waals surface area (Å²) in [6.45, 7) is 0.733. The average molecular weight is 326 g/mol. The average Bonchev–Trinajstić information content (AvgIpc) is 2.97. The van der Waals surface area contributed by atoms with Crippen molar-refractivity contribution in [3.63, 3.8) is 0 Å². The molecule has 0 bridgehead atoms. The van der Waals surface area contributed by atoms with E-state index >= 15 is 0 Å². The summed E-state index contributed by atoms with van der Waals surface area (Å²) < 4.78 is 0. The Morgan fingerprint density at radius 1 is 1.29 bits per heavy atom. The molecule has 0 saturated carbocycles. The first-order valence-electron chi connectivity index (χ1n) is 7.94. The van der Waals surface area contributed by atoms with E-state index in [-0.39, 0.29) is 11.9 Å². The number of aromatic nitrogens is 2. The van der Waals surface area contributed by atoms with E-state index in [1.165, 1.54) is 0 Å². The van der Waals surface area contributed by atoms with Gasteiger partial charge in [0.1, 0.15) is 5.82 Å². The highest BCUT2D eigenvalue weighted by molar-refractivity contribution is 5.99. The fourth-order valence-corrected chi connectivity index (χ4v) is 2.84. The van der Waals surface area contributed by atoms with Gasteiger partial charge in [0.25, 0.3) is 0 Å². The molecule has 1 unspecified atom stereocenters. The third kappa shape index (κ3) is 3.30. The van der Waals surface area contributed by atoms with Crippen molar-refractivity contribution in [2.45, 2.75) is 12.5 Å². The van der Waals surface area contributed by atoms with Crippen molar-refractivity contribution in [3.8, 4) is 0 Å². The Labute approximate surface area is 141 Å². The fraction of sp³-hybridized carbons (Fsp3) is 0.353. The molecule has 1 atom stereocenters. The first kappa shape index (κ1) is 16.2. The normalized spacial score (nSPS) is 17.4. The Morgan fingerprint density at radius 2 is 2.12 bits per heavy atom. The standard InChI is InChI=1S/C17H22N6O/c1-18-15-7-9-19-17(21-15)20-12-5-4-6-13(11-12)23-10-8-14(16(23)24)22(2)3/h4-7,9,11,14H,8,10H2,1-3H3,(H2,18,19,20,21). The van der Waals surface area contributed by atoms with Crippen molar-refractivity contribution in [3.05, 3.63) is 36.5 Å². The van der Waals surface area contributed by atoms with Crippen molar-refractivity contribution in [2.24, 2.45) is 0 Å². The monoisotopic (exact) mass is 326 g/mol. The summed E-state index contributed by atoms with van der Waals surface area (Å²) in [5.41, 5.74) is 1.74. The molecule has 0 spiro atoms. The zero-order chi connectivity index (χ0) is 17.1. The number of carbonyl (C=O) groups excluding carboxylic acids is 1. The van der Waals surface area contributed by atoms with Crippen LogP contribution in [-0.4, -0.2) is 54.5 Å². The number of hydrogen-bond donors (Lipinski definition) is 2. The van der Waals surface area contributed by atoms with E-state index in [0.29, 0.717) is 5.95 Å². The molecule has 1 aliphatic rings. The van der Waals surface area contributed by atoms with Gasteiger partial charge in [-0.15, -0.1) is 0 Å². The van der Waals surface area contributed by atoms with Gasteiger partial charge in [-0.1, -0.05) is 6.07 Å². The summed E-state index contributed by atoms with van der Waals surface area (Å²) in [5, 5.41) is 6.16. The van der Waals surface area contributed by atoms with Crippen LogP contribution in [0.2, 0.25) is 0 Å². The molecule has 7 nitrogen and oxygen atoms in total. The van der Waals surface area contributed by atoms with Gasteiger partial charge in [0, 0.05) is 31.2 Å². The number of likely N-dealkylation sites (N-methyl/N-ethyl adjacent to an activating group) is 1. The number of hydrogen-bond acceptors (Lipinski definition) is 6. The van der Waals surface area contributed by atoms with Gasteiger partial charge < -0.3 is 15.5 Å². The number of anilines is 4. The summed E-state index contributed by atoms with van der Waals surface area (Å²) in [7, 11) is 5.69. The topological polar surface area (TPSA) is 73.4 Å². The molecule has 2 aromatic rings. The molecule has 126 valence electrons. The van der Waals surface area contributed by atoms with Gasteiger partial charge in [-0.05, 0) is 44.8 Å². The molecule has 1 aliphatic heterocycles. The highest BCUT2D eigenvalue weighted by Crippen LogP contribution is 2.26. The summed E-state index contributed by atoms with van der Waals surface area (Å²) in [6, 6.07) is 9.51. The summed E-state index contributed by atoms with van der Waals surface area (Å²) in [6.07, 6.45) is 2.54. The lowest BCUT2D eigenvalue weighted by atomic mass is 10.2. The largest absolute Gasteiger partial charge is 0.373 e. The van der Waals surface area contributed by atoms with Crippen LogP contribution in [0.5, 0.6) is 0 Å². The van der Waals surface area contributed by atoms with Crippen molar-refractivity contribution >= 4 is 29.0 Å². The Bertz CT molecular complexity index is 733. The smallest absolute Gasteiger partial charge is 0.244 e. The number of amides is 1. The summed E-state index contributed by atoms with van der Waals surface area (Å²) in [4.78, 5) is 24.9. The van der Waals surface area contributed by atoms with E-state index in [1.54, 1.807) is 12.3 Å². The van der Waals surface area contributed by atoms with E-state index in [2.05, 4.69) is 20.6 Å². The van der Waals surface area contributed by atoms with Crippen LogP contribution in [0.25, 0.3) is 0 Å². The van der Waals surface area contributed by atoms with Crippen LogP contribution in [-0.2, 0) is 4.79 Å². The molecule has 1 amide bonds. The van der Waals surface area contributed by atoms with Gasteiger partial charge in [-0.25, -0.2) is 4.98 Å². The second kappa shape index (κ2) is 6.84. The number of carbonyl (C=O) groups is 1. The van der Waals surface area contributed by atoms with E-state index < -0.39 is 0 Å². The second-order valence-electron chi connectivity index (χ2n) is 5.95. The molecule has 0 radical (unpaired) electrons. The zero-order valence-corrected chi connectivity index (χ0v) is 14.2. The molecule has 1 aromatic heterocycles. The van der Waals surface area contributed by atoms with E-state index in [9.17, 15) is 4.79 Å². The van der Waals surface area contributed by atoms with Gasteiger partial charge in [-0.2, -0.15) is 4.98 Å². The van der Waals surface area contributed by atoms with E-state index in [0.717, 1.165) is 30.2 Å². The Morgan fingerprint density at radius 3 is 2.83 bits per heavy atom. The minimum absolute atomic E-state index is 0.0442. The van der Waals surface area contributed by atoms with Crippen LogP contribution in [0, 0.1) is 0 Å². The Hall–Kier alpha value is -2.67. The number of nitrogens with one attached hydrogen (secondary N) is 2. The molecule has 7 heteroatoms. The molecule has 0 aliphatic carbocycles. The van der Waals surface area contributed by atoms with Crippen LogP contribution < -0.4 is 15.5 Å². The predicted molar refractivity (Wildman–Crippen MR) is 95.7 cm³/mol. The van der Waals surface area contributed by atoms with Crippen LogP contribution in [0.1, 0.15) is 6.42 Å². The fourth-order valence-electron chi connectivity index (χ4n) is 2.84. The predicted octanol–water partition coefficient (Wildman–Crippen LogP) is 1.93. The maximum atomic E-state index is 12.5. The molecule has 2 heterocycles. The van der Waals surface area contributed by atoms with Crippen molar-refractivity contribution in [2.75, 3.05) is 43.2 Å². The van der Waals surface area contributed by atoms with E-state index in [4.69, 9.17) is 0 Å². The Balaban J connectivity index is 1.78. The van der Waals surface area contributed by atoms with Crippen LogP contribution in [0.15, 0.2) is 36.5 Å². The lowest BCUT2D eigenvalue weighted by molar-refractivity contribution is -0.120. The van der Waals surface area contributed by atoms with Crippen molar-refractivity contribution in [1.82, 2.24) is 14.9 Å². The first-order valence-corrected chi connectivity index (χ1v) is 7.94. The maximum absolute atomic E-state index is 12.5. The minimum Gasteiger partial charge on any atom is -0.373 e. The Kier molecular flexibility index (Phi) is 4.61. The third-order valence-electron chi connectivity index (χ3n) is 4.13. The van der Waals surface area contributed by atoms with Crippen molar-refractivity contribution < 1.29 is 4.79 Å². The molecular formula is C17H22N6O. The van der Waals surface area contributed by atoms with Gasteiger partial charge in [0.15, 0.2) is 0 Å². The molecule has 3 rings (SSSR count). The quantitative estimate of drug-likeness (QED) is 0.875. The third-order valence-corrected chi connectivity index (χ3v) is 4.13. The minimum atomic E-state index is -0.0442. The van der Waals surface area contributed by atoms with Gasteiger partial charge >= 0.3 is 0 Å². The molecule has 1 saturated heterocycles. The first-order chi connectivity index (χ1) is 11.6. The highest BCUT2D eigenvalue weighted by atomic mass is 16.2. The van der Waals surface area contributed by atoms with Crippen LogP contribution >= 0.6 is 0 Å². The second-order valence-corrected chi connectivity index (χ2v) is 5.95.